The number of fused-ring (bicyclic) bond motifs is 1. The molecule has 1 N–H and O–H groups in total. The van der Waals surface area contributed by atoms with Crippen LogP contribution >= 0.6 is 27.7 Å². The highest BCUT2D eigenvalue weighted by atomic mass is 79.9. The number of carbonyl (C=O) groups is 2. The van der Waals surface area contributed by atoms with Crippen molar-refractivity contribution in [1.82, 2.24) is 4.90 Å². The smallest absolute Gasteiger partial charge is 0.326 e. The van der Waals surface area contributed by atoms with Gasteiger partial charge in [-0.3, -0.25) is 4.79 Å². The van der Waals surface area contributed by atoms with Gasteiger partial charge in [0.05, 0.1) is 0 Å². The molecule has 1 amide bonds. The van der Waals surface area contributed by atoms with Gasteiger partial charge < -0.3 is 10.0 Å². The van der Waals surface area contributed by atoms with Gasteiger partial charge in [-0.2, -0.15) is 11.8 Å². The van der Waals surface area contributed by atoms with E-state index in [1.54, 1.807) is 11.8 Å². The molecule has 1 aromatic carbocycles. The second kappa shape index (κ2) is 6.83. The van der Waals surface area contributed by atoms with E-state index in [1.807, 2.05) is 31.4 Å². The Bertz CT molecular complexity index is 564. The van der Waals surface area contributed by atoms with Gasteiger partial charge in [0.1, 0.15) is 6.04 Å². The van der Waals surface area contributed by atoms with Gasteiger partial charge in [-0.1, -0.05) is 35.0 Å². The van der Waals surface area contributed by atoms with Crippen LogP contribution in [0.1, 0.15) is 24.5 Å². The van der Waals surface area contributed by atoms with E-state index in [1.165, 1.54) is 4.90 Å². The third kappa shape index (κ3) is 3.61. The number of aliphatic carboxylic acids is 1. The van der Waals surface area contributed by atoms with E-state index < -0.39 is 12.0 Å². The molecule has 1 aromatic rings. The van der Waals surface area contributed by atoms with E-state index in [-0.39, 0.29) is 11.2 Å². The van der Waals surface area contributed by atoms with E-state index in [0.717, 1.165) is 15.6 Å². The zero-order chi connectivity index (χ0) is 15.6. The molecule has 0 saturated heterocycles. The largest absolute Gasteiger partial charge is 0.480 e. The molecule has 1 aliphatic heterocycles. The zero-order valence-corrected chi connectivity index (χ0v) is 14.4. The van der Waals surface area contributed by atoms with E-state index >= 15 is 0 Å². The lowest BCUT2D eigenvalue weighted by Crippen LogP contribution is -2.49. The molecule has 0 bridgehead atoms. The van der Waals surface area contributed by atoms with Crippen LogP contribution in [0.3, 0.4) is 0 Å². The third-order valence-corrected chi connectivity index (χ3v) is 5.51. The van der Waals surface area contributed by atoms with Crippen LogP contribution in [-0.2, 0) is 22.6 Å². The number of benzene rings is 1. The number of carboxylic acids is 1. The quantitative estimate of drug-likeness (QED) is 0.883. The minimum absolute atomic E-state index is 0.0881. The van der Waals surface area contributed by atoms with Gasteiger partial charge in [0.15, 0.2) is 0 Å². The van der Waals surface area contributed by atoms with Crippen molar-refractivity contribution in [3.05, 3.63) is 33.8 Å². The lowest BCUT2D eigenvalue weighted by Gasteiger charge is -2.35. The Morgan fingerprint density at radius 3 is 2.86 bits per heavy atom. The fourth-order valence-corrected chi connectivity index (χ4v) is 3.38. The van der Waals surface area contributed by atoms with Crippen LogP contribution in [0.4, 0.5) is 0 Å². The summed E-state index contributed by atoms with van der Waals surface area (Å²) in [5.74, 6) is -1.03. The first kappa shape index (κ1) is 16.4. The lowest BCUT2D eigenvalue weighted by molar-refractivity contribution is -0.151. The molecule has 0 radical (unpaired) electrons. The number of halogens is 1. The lowest BCUT2D eigenvalue weighted by atomic mass is 9.93. The van der Waals surface area contributed by atoms with Crippen LogP contribution in [0.15, 0.2) is 22.7 Å². The summed E-state index contributed by atoms with van der Waals surface area (Å²) in [5.41, 5.74) is 2.01. The summed E-state index contributed by atoms with van der Waals surface area (Å²) >= 11 is 5.08. The summed E-state index contributed by atoms with van der Waals surface area (Å²) < 4.78 is 0.913. The number of hydrogen-bond acceptors (Lipinski definition) is 3. The predicted octanol–water partition coefficient (Wildman–Crippen LogP) is 2.93. The molecule has 1 heterocycles. The summed E-state index contributed by atoms with van der Waals surface area (Å²) in [6.07, 6.45) is 2.68. The Morgan fingerprint density at radius 1 is 1.52 bits per heavy atom. The van der Waals surface area contributed by atoms with Crippen LogP contribution in [0.25, 0.3) is 0 Å². The highest BCUT2D eigenvalue weighted by Gasteiger charge is 2.35. The van der Waals surface area contributed by atoms with Crippen molar-refractivity contribution in [2.24, 2.45) is 0 Å². The van der Waals surface area contributed by atoms with Crippen LogP contribution < -0.4 is 0 Å². The van der Waals surface area contributed by atoms with Gasteiger partial charge in [-0.15, -0.1) is 0 Å². The fourth-order valence-electron chi connectivity index (χ4n) is 2.51. The Hall–Kier alpha value is -1.01. The topological polar surface area (TPSA) is 57.6 Å². The van der Waals surface area contributed by atoms with Gasteiger partial charge in [0, 0.05) is 29.1 Å². The van der Waals surface area contributed by atoms with Crippen LogP contribution in [0, 0.1) is 0 Å². The van der Waals surface area contributed by atoms with Gasteiger partial charge in [-0.05, 0) is 23.4 Å². The highest BCUT2D eigenvalue weighted by Crippen LogP contribution is 2.30. The summed E-state index contributed by atoms with van der Waals surface area (Å²) in [4.78, 5) is 25.4. The summed E-state index contributed by atoms with van der Waals surface area (Å²) in [5, 5.41) is 9.64. The first-order valence-electron chi connectivity index (χ1n) is 6.75. The Kier molecular flexibility index (Phi) is 5.32. The van der Waals surface area contributed by atoms with Crippen molar-refractivity contribution < 1.29 is 14.7 Å². The molecule has 6 heteroatoms. The van der Waals surface area contributed by atoms with Gasteiger partial charge in [-0.25, -0.2) is 4.79 Å². The first-order valence-corrected chi connectivity index (χ1v) is 8.83. The standard InChI is InChI=1S/C15H18BrNO3S/c1-9(21-2)6-14(18)17-8-10-4-3-5-12(16)11(10)7-13(17)15(19)20/h3-5,9,13H,6-8H2,1-2H3,(H,19,20). The van der Waals surface area contributed by atoms with E-state index in [9.17, 15) is 14.7 Å². The maximum Gasteiger partial charge on any atom is 0.326 e. The molecule has 0 spiro atoms. The van der Waals surface area contributed by atoms with Gasteiger partial charge in [0.2, 0.25) is 5.91 Å². The van der Waals surface area contributed by atoms with E-state index in [4.69, 9.17) is 0 Å². The molecule has 2 unspecified atom stereocenters. The molecule has 21 heavy (non-hydrogen) atoms. The number of nitrogens with zero attached hydrogens (tertiary/aromatic N) is 1. The predicted molar refractivity (Wildman–Crippen MR) is 87.4 cm³/mol. The molecule has 114 valence electrons. The van der Waals surface area contributed by atoms with Crippen LogP contribution in [0.5, 0.6) is 0 Å². The summed E-state index contributed by atoms with van der Waals surface area (Å²) in [6, 6.07) is 5.00. The molecular formula is C15H18BrNO3S. The van der Waals surface area contributed by atoms with E-state index in [2.05, 4.69) is 15.9 Å². The third-order valence-electron chi connectivity index (χ3n) is 3.80. The number of rotatable bonds is 4. The fraction of sp³-hybridized carbons (Fsp3) is 0.467. The average molecular weight is 372 g/mol. The van der Waals surface area contributed by atoms with Crippen LogP contribution in [-0.4, -0.2) is 39.4 Å². The summed E-state index contributed by atoms with van der Waals surface area (Å²) in [7, 11) is 0. The molecule has 0 aromatic heterocycles. The zero-order valence-electron chi connectivity index (χ0n) is 12.0. The minimum atomic E-state index is -0.943. The Morgan fingerprint density at radius 2 is 2.24 bits per heavy atom. The minimum Gasteiger partial charge on any atom is -0.480 e. The van der Waals surface area contributed by atoms with Crippen molar-refractivity contribution in [3.63, 3.8) is 0 Å². The Balaban J connectivity index is 2.28. The molecule has 0 aliphatic carbocycles. The summed E-state index contributed by atoms with van der Waals surface area (Å²) in [6.45, 7) is 2.35. The van der Waals surface area contributed by atoms with Crippen molar-refractivity contribution in [1.29, 1.82) is 0 Å². The first-order chi connectivity index (χ1) is 9.93. The molecule has 4 nitrogen and oxygen atoms in total. The number of thioether (sulfide) groups is 1. The average Bonchev–Trinajstić information content (AvgIpc) is 2.46. The second-order valence-corrected chi connectivity index (χ2v) is 7.34. The monoisotopic (exact) mass is 371 g/mol. The van der Waals surface area contributed by atoms with Gasteiger partial charge >= 0.3 is 5.97 Å². The molecular weight excluding hydrogens is 354 g/mol. The maximum absolute atomic E-state index is 12.4. The number of hydrogen-bond donors (Lipinski definition) is 1. The molecule has 2 atom stereocenters. The van der Waals surface area contributed by atoms with Crippen molar-refractivity contribution in [3.8, 4) is 0 Å². The number of carboxylic acid groups (broad SMARTS) is 1. The molecule has 0 saturated carbocycles. The second-order valence-electron chi connectivity index (χ2n) is 5.21. The van der Waals surface area contributed by atoms with E-state index in [0.29, 0.717) is 19.4 Å². The normalized spacial score (nSPS) is 19.0. The maximum atomic E-state index is 12.4. The SMILES string of the molecule is CSC(C)CC(=O)N1Cc2cccc(Br)c2CC1C(=O)O. The number of carbonyl (C=O) groups excluding carboxylic acids is 1. The number of amides is 1. The van der Waals surface area contributed by atoms with Gasteiger partial charge in [0.25, 0.3) is 0 Å². The van der Waals surface area contributed by atoms with Crippen LogP contribution in [0.2, 0.25) is 0 Å². The van der Waals surface area contributed by atoms with Crippen molar-refractivity contribution >= 4 is 39.6 Å². The Labute approximate surface area is 137 Å². The van der Waals surface area contributed by atoms with Crippen molar-refractivity contribution in [2.75, 3.05) is 6.26 Å². The molecule has 0 fully saturated rings. The molecule has 2 rings (SSSR count). The molecule has 1 aliphatic rings. The highest BCUT2D eigenvalue weighted by molar-refractivity contribution is 9.10. The van der Waals surface area contributed by atoms with Crippen molar-refractivity contribution in [2.45, 2.75) is 37.6 Å².